The summed E-state index contributed by atoms with van der Waals surface area (Å²) in [6, 6.07) is 10.4. The molecule has 1 N–H and O–H groups in total. The first-order valence-electron chi connectivity index (χ1n) is 7.11. The summed E-state index contributed by atoms with van der Waals surface area (Å²) >= 11 is 0. The van der Waals surface area contributed by atoms with Crippen LogP contribution in [0.25, 0.3) is 0 Å². The van der Waals surface area contributed by atoms with Gasteiger partial charge in [0, 0.05) is 6.61 Å². The molecule has 0 aliphatic carbocycles. The number of aryl methyl sites for hydroxylation is 1. The number of benzene rings is 1. The maximum atomic E-state index is 10.1. The first-order valence-corrected chi connectivity index (χ1v) is 7.11. The fraction of sp³-hybridized carbons (Fsp3) is 0.625. The third-order valence-corrected chi connectivity index (χ3v) is 3.19. The molecule has 0 aliphatic rings. The minimum Gasteiger partial charge on any atom is -0.390 e. The van der Waals surface area contributed by atoms with E-state index >= 15 is 0 Å². The molecule has 0 saturated heterocycles. The van der Waals surface area contributed by atoms with Gasteiger partial charge in [0.1, 0.15) is 0 Å². The van der Waals surface area contributed by atoms with Gasteiger partial charge in [-0.1, -0.05) is 43.7 Å². The predicted octanol–water partition coefficient (Wildman–Crippen LogP) is 3.58. The van der Waals surface area contributed by atoms with E-state index in [1.807, 2.05) is 13.0 Å². The first kappa shape index (κ1) is 15.2. The summed E-state index contributed by atoms with van der Waals surface area (Å²) in [6.07, 6.45) is 4.55. The average Bonchev–Trinajstić information content (AvgIpc) is 2.39. The Labute approximate surface area is 111 Å². The molecule has 18 heavy (non-hydrogen) atoms. The molecule has 102 valence electrons. The molecule has 1 aromatic carbocycles. The lowest BCUT2D eigenvalue weighted by Gasteiger charge is -2.22. The van der Waals surface area contributed by atoms with Gasteiger partial charge in [-0.15, -0.1) is 0 Å². The normalized spacial score (nSPS) is 14.4. The van der Waals surface area contributed by atoms with Gasteiger partial charge in [-0.2, -0.15) is 0 Å². The highest BCUT2D eigenvalue weighted by Crippen LogP contribution is 2.14. The van der Waals surface area contributed by atoms with E-state index in [9.17, 15) is 5.11 Å². The molecule has 0 aliphatic heterocycles. The third-order valence-electron chi connectivity index (χ3n) is 3.19. The van der Waals surface area contributed by atoms with Crippen LogP contribution in [-0.4, -0.2) is 23.9 Å². The fourth-order valence-electron chi connectivity index (χ4n) is 2.23. The molecule has 0 saturated carbocycles. The van der Waals surface area contributed by atoms with Gasteiger partial charge in [-0.05, 0) is 38.2 Å². The van der Waals surface area contributed by atoms with Crippen LogP contribution in [0.5, 0.6) is 0 Å². The Morgan fingerprint density at radius 3 is 2.44 bits per heavy atom. The fourth-order valence-corrected chi connectivity index (χ4v) is 2.23. The van der Waals surface area contributed by atoms with Gasteiger partial charge in [-0.3, -0.25) is 0 Å². The van der Waals surface area contributed by atoms with E-state index in [0.29, 0.717) is 6.61 Å². The molecule has 2 unspecified atom stereocenters. The largest absolute Gasteiger partial charge is 0.390 e. The van der Waals surface area contributed by atoms with Gasteiger partial charge in [0.25, 0.3) is 0 Å². The number of hydrogen-bond donors (Lipinski definition) is 1. The minimum atomic E-state index is -0.325. The molecule has 2 nitrogen and oxygen atoms in total. The van der Waals surface area contributed by atoms with Crippen LogP contribution in [0.1, 0.15) is 45.1 Å². The molecular formula is C16H26O2. The highest BCUT2D eigenvalue weighted by atomic mass is 16.5. The number of aliphatic hydroxyl groups is 1. The van der Waals surface area contributed by atoms with Crippen molar-refractivity contribution in [2.45, 2.75) is 58.2 Å². The predicted molar refractivity (Wildman–Crippen MR) is 75.7 cm³/mol. The standard InChI is InChI=1S/C16H26O2/c1-3-9-16(18-4-2)15(17)13-8-12-14-10-6-5-7-11-14/h5-7,10-11,15-17H,3-4,8-9,12-13H2,1-2H3. The van der Waals surface area contributed by atoms with Gasteiger partial charge in [-0.25, -0.2) is 0 Å². The molecular weight excluding hydrogens is 224 g/mol. The summed E-state index contributed by atoms with van der Waals surface area (Å²) in [4.78, 5) is 0. The minimum absolute atomic E-state index is 0.00998. The zero-order chi connectivity index (χ0) is 13.2. The van der Waals surface area contributed by atoms with Crippen molar-refractivity contribution in [3.63, 3.8) is 0 Å². The third kappa shape index (κ3) is 5.65. The van der Waals surface area contributed by atoms with Crippen molar-refractivity contribution >= 4 is 0 Å². The Morgan fingerprint density at radius 2 is 1.83 bits per heavy atom. The first-order chi connectivity index (χ1) is 8.77. The molecule has 1 aromatic rings. The maximum absolute atomic E-state index is 10.1. The highest BCUT2D eigenvalue weighted by Gasteiger charge is 2.17. The number of rotatable bonds is 9. The molecule has 0 bridgehead atoms. The van der Waals surface area contributed by atoms with E-state index in [-0.39, 0.29) is 12.2 Å². The van der Waals surface area contributed by atoms with Crippen molar-refractivity contribution in [3.05, 3.63) is 35.9 Å². The number of aliphatic hydroxyl groups excluding tert-OH is 1. The molecule has 0 aromatic heterocycles. The topological polar surface area (TPSA) is 29.5 Å². The molecule has 0 amide bonds. The van der Waals surface area contributed by atoms with E-state index < -0.39 is 0 Å². The Balaban J connectivity index is 2.28. The van der Waals surface area contributed by atoms with Crippen LogP contribution in [0.15, 0.2) is 30.3 Å². The second kappa shape index (κ2) is 9.12. The molecule has 0 heterocycles. The lowest BCUT2D eigenvalue weighted by Crippen LogP contribution is -2.29. The molecule has 0 radical (unpaired) electrons. The summed E-state index contributed by atoms with van der Waals surface area (Å²) in [5.74, 6) is 0. The summed E-state index contributed by atoms with van der Waals surface area (Å²) in [5.41, 5.74) is 1.34. The van der Waals surface area contributed by atoms with E-state index in [1.165, 1.54) is 5.56 Å². The second-order valence-electron chi connectivity index (χ2n) is 4.73. The second-order valence-corrected chi connectivity index (χ2v) is 4.73. The Kier molecular flexibility index (Phi) is 7.70. The van der Waals surface area contributed by atoms with Crippen molar-refractivity contribution < 1.29 is 9.84 Å². The van der Waals surface area contributed by atoms with E-state index in [1.54, 1.807) is 0 Å². The Hall–Kier alpha value is -0.860. The van der Waals surface area contributed by atoms with E-state index in [4.69, 9.17) is 4.74 Å². The highest BCUT2D eigenvalue weighted by molar-refractivity contribution is 5.14. The number of ether oxygens (including phenoxy) is 1. The van der Waals surface area contributed by atoms with Gasteiger partial charge < -0.3 is 9.84 Å². The van der Waals surface area contributed by atoms with E-state index in [0.717, 1.165) is 32.1 Å². The van der Waals surface area contributed by atoms with Gasteiger partial charge >= 0.3 is 0 Å². The smallest absolute Gasteiger partial charge is 0.0833 e. The Morgan fingerprint density at radius 1 is 1.11 bits per heavy atom. The van der Waals surface area contributed by atoms with Crippen LogP contribution in [0.2, 0.25) is 0 Å². The van der Waals surface area contributed by atoms with Gasteiger partial charge in [0.2, 0.25) is 0 Å². The zero-order valence-corrected chi connectivity index (χ0v) is 11.6. The van der Waals surface area contributed by atoms with Crippen LogP contribution in [-0.2, 0) is 11.2 Å². The van der Waals surface area contributed by atoms with E-state index in [2.05, 4.69) is 31.2 Å². The quantitative estimate of drug-likeness (QED) is 0.726. The Bertz CT molecular complexity index is 291. The zero-order valence-electron chi connectivity index (χ0n) is 11.6. The van der Waals surface area contributed by atoms with Crippen LogP contribution in [0, 0.1) is 0 Å². The maximum Gasteiger partial charge on any atom is 0.0833 e. The molecule has 2 atom stereocenters. The van der Waals surface area contributed by atoms with Crippen molar-refractivity contribution in [1.29, 1.82) is 0 Å². The van der Waals surface area contributed by atoms with Crippen LogP contribution < -0.4 is 0 Å². The van der Waals surface area contributed by atoms with Crippen molar-refractivity contribution in [3.8, 4) is 0 Å². The lowest BCUT2D eigenvalue weighted by molar-refractivity contribution is -0.0405. The number of hydrogen-bond acceptors (Lipinski definition) is 2. The summed E-state index contributed by atoms with van der Waals surface area (Å²) in [5, 5.41) is 10.1. The molecule has 1 rings (SSSR count). The molecule has 2 heteroatoms. The SMILES string of the molecule is CCCC(OCC)C(O)CCCc1ccccc1. The van der Waals surface area contributed by atoms with Gasteiger partial charge in [0.15, 0.2) is 0 Å². The lowest BCUT2D eigenvalue weighted by atomic mass is 10.0. The molecule has 0 spiro atoms. The monoisotopic (exact) mass is 250 g/mol. The summed E-state index contributed by atoms with van der Waals surface area (Å²) in [7, 11) is 0. The summed E-state index contributed by atoms with van der Waals surface area (Å²) < 4.78 is 5.60. The van der Waals surface area contributed by atoms with Gasteiger partial charge in [0.05, 0.1) is 12.2 Å². The summed E-state index contributed by atoms with van der Waals surface area (Å²) in [6.45, 7) is 4.79. The van der Waals surface area contributed by atoms with Crippen molar-refractivity contribution in [1.82, 2.24) is 0 Å². The molecule has 0 fully saturated rings. The van der Waals surface area contributed by atoms with Crippen LogP contribution in [0.3, 0.4) is 0 Å². The van der Waals surface area contributed by atoms with Crippen LogP contribution in [0.4, 0.5) is 0 Å². The van der Waals surface area contributed by atoms with Crippen molar-refractivity contribution in [2.75, 3.05) is 6.61 Å². The average molecular weight is 250 g/mol. The van der Waals surface area contributed by atoms with Crippen molar-refractivity contribution in [2.24, 2.45) is 0 Å². The van der Waals surface area contributed by atoms with Crippen LogP contribution >= 0.6 is 0 Å².